The monoisotopic (exact) mass is 512 g/mol. The number of methoxy groups -OCH3 is 1. The molecule has 0 aromatic heterocycles. The highest BCUT2D eigenvalue weighted by Crippen LogP contribution is 2.41. The third kappa shape index (κ3) is 7.68. The number of benzene rings is 1. The van der Waals surface area contributed by atoms with E-state index in [0.29, 0.717) is 0 Å². The first-order chi connectivity index (χ1) is 16.1. The van der Waals surface area contributed by atoms with Crippen LogP contribution in [0.4, 0.5) is 26.3 Å². The van der Waals surface area contributed by atoms with E-state index in [9.17, 15) is 35.9 Å². The first kappa shape index (κ1) is 27.6. The van der Waals surface area contributed by atoms with Gasteiger partial charge < -0.3 is 31.0 Å². The Hall–Kier alpha value is -3.65. The van der Waals surface area contributed by atoms with Gasteiger partial charge in [-0.25, -0.2) is 4.79 Å². The topological polar surface area (TPSA) is 138 Å². The molecule has 0 aliphatic carbocycles. The molecule has 0 spiro atoms. The minimum atomic E-state index is -5.07. The van der Waals surface area contributed by atoms with Crippen LogP contribution in [0.2, 0.25) is 0 Å². The van der Waals surface area contributed by atoms with Gasteiger partial charge in [0.05, 0.1) is 12.7 Å². The number of nitrogens with one attached hydrogen (secondary N) is 1. The molecule has 1 aliphatic rings. The molecular formula is C20H22F6N4O5. The maximum absolute atomic E-state index is 13.7. The number of guanidine groups is 1. The smallest absolute Gasteiger partial charge is 0.475 e. The number of hydrogen-bond acceptors (Lipinski definition) is 6. The predicted octanol–water partition coefficient (Wildman–Crippen LogP) is 2.31. The van der Waals surface area contributed by atoms with E-state index in [2.05, 4.69) is 19.8 Å². The van der Waals surface area contributed by atoms with Crippen molar-refractivity contribution in [2.45, 2.75) is 44.4 Å². The fourth-order valence-corrected chi connectivity index (χ4v) is 3.22. The zero-order valence-electron chi connectivity index (χ0n) is 18.4. The van der Waals surface area contributed by atoms with Gasteiger partial charge in [0.1, 0.15) is 17.5 Å². The van der Waals surface area contributed by atoms with Gasteiger partial charge in [-0.1, -0.05) is 0 Å². The van der Waals surface area contributed by atoms with E-state index in [1.54, 1.807) is 0 Å². The van der Waals surface area contributed by atoms with Gasteiger partial charge in [-0.2, -0.15) is 13.2 Å². The van der Waals surface area contributed by atoms with Crippen LogP contribution < -0.4 is 26.3 Å². The molecule has 0 bridgehead atoms. The minimum Gasteiger partial charge on any atom is -0.475 e. The van der Waals surface area contributed by atoms with E-state index >= 15 is 0 Å². The largest absolute Gasteiger partial charge is 0.573 e. The second-order valence-electron chi connectivity index (χ2n) is 7.34. The van der Waals surface area contributed by atoms with Crippen LogP contribution in [-0.2, 0) is 14.3 Å². The summed E-state index contributed by atoms with van der Waals surface area (Å²) in [5.74, 6) is -3.59. The van der Waals surface area contributed by atoms with Crippen molar-refractivity contribution in [1.29, 1.82) is 0 Å². The average molecular weight is 512 g/mol. The molecular weight excluding hydrogens is 490 g/mol. The van der Waals surface area contributed by atoms with Gasteiger partial charge in [0, 0.05) is 12.1 Å². The summed E-state index contributed by atoms with van der Waals surface area (Å²) in [6.45, 7) is 1.29. The molecule has 1 amide bonds. The summed E-state index contributed by atoms with van der Waals surface area (Å²) in [5.41, 5.74) is 9.06. The van der Waals surface area contributed by atoms with Crippen LogP contribution in [-0.4, -0.2) is 56.2 Å². The molecule has 0 radical (unpaired) electrons. The van der Waals surface area contributed by atoms with Crippen molar-refractivity contribution in [1.82, 2.24) is 5.32 Å². The Labute approximate surface area is 195 Å². The van der Waals surface area contributed by atoms with E-state index in [1.165, 1.54) is 6.92 Å². The number of carbonyl (C=O) groups is 2. The van der Waals surface area contributed by atoms with Gasteiger partial charge in [-0.15, -0.1) is 13.2 Å². The molecule has 0 saturated carbocycles. The number of aliphatic imine (C=N–C) groups is 1. The number of halogens is 6. The minimum absolute atomic E-state index is 0.0668. The Kier molecular flexibility index (Phi) is 8.46. The molecule has 194 valence electrons. The van der Waals surface area contributed by atoms with Crippen LogP contribution in [0.5, 0.6) is 11.5 Å². The summed E-state index contributed by atoms with van der Waals surface area (Å²) < 4.78 is 92.3. The Morgan fingerprint density at radius 3 is 2.40 bits per heavy atom. The first-order valence-corrected chi connectivity index (χ1v) is 9.91. The van der Waals surface area contributed by atoms with E-state index in [1.807, 2.05) is 0 Å². The number of alkyl halides is 6. The van der Waals surface area contributed by atoms with Crippen molar-refractivity contribution in [3.8, 4) is 11.5 Å². The van der Waals surface area contributed by atoms with Crippen LogP contribution in [0, 0.1) is 6.92 Å². The van der Waals surface area contributed by atoms with E-state index in [-0.39, 0.29) is 42.2 Å². The summed E-state index contributed by atoms with van der Waals surface area (Å²) >= 11 is 0. The molecule has 1 unspecified atom stereocenters. The normalized spacial score (nSPS) is 16.2. The zero-order chi connectivity index (χ0) is 26.6. The molecule has 1 heterocycles. The lowest BCUT2D eigenvalue weighted by molar-refractivity contribution is -0.274. The van der Waals surface area contributed by atoms with Gasteiger partial charge in [0.2, 0.25) is 6.10 Å². The number of nitrogens with two attached hydrogens (primary N) is 2. The standard InChI is InChI=1S/C20H22F6N4O5/c1-9-6-11(35-20(24,25)26)7-10-8-12(15(19(21,22)23)34-14(9)10)16(31)30-13(17(32)33-2)4-3-5-29-18(27)28/h6-8,13,15H,3-5H2,1-2H3,(H,30,31)(H4,27,28,29)/t13?,15-/m0/s1. The van der Waals surface area contributed by atoms with Crippen LogP contribution in [0.1, 0.15) is 24.0 Å². The third-order valence-electron chi connectivity index (χ3n) is 4.64. The SMILES string of the molecule is COC(=O)C(CCCN=C(N)N)NC(=O)C1=Cc2cc(OC(F)(F)F)cc(C)c2O[C@@H]1C(F)(F)F. The molecule has 1 aromatic rings. The maximum atomic E-state index is 13.7. The molecule has 2 atom stereocenters. The Morgan fingerprint density at radius 2 is 1.86 bits per heavy atom. The van der Waals surface area contributed by atoms with Gasteiger partial charge in [0.25, 0.3) is 5.91 Å². The van der Waals surface area contributed by atoms with Crippen molar-refractivity contribution in [2.24, 2.45) is 16.5 Å². The van der Waals surface area contributed by atoms with Crippen molar-refractivity contribution in [3.05, 3.63) is 28.8 Å². The van der Waals surface area contributed by atoms with Gasteiger partial charge in [-0.05, 0) is 43.5 Å². The molecule has 1 aliphatic heterocycles. The molecule has 5 N–H and O–H groups in total. The summed E-state index contributed by atoms with van der Waals surface area (Å²) in [6.07, 6.45) is -12.1. The highest BCUT2D eigenvalue weighted by atomic mass is 19.4. The lowest BCUT2D eigenvalue weighted by Gasteiger charge is -2.30. The average Bonchev–Trinajstić information content (AvgIpc) is 2.72. The molecule has 2 rings (SSSR count). The number of nitrogens with zero attached hydrogens (tertiary/aromatic N) is 1. The summed E-state index contributed by atoms with van der Waals surface area (Å²) in [5, 5.41) is 2.14. The summed E-state index contributed by atoms with van der Waals surface area (Å²) in [6, 6.07) is 0.269. The number of amides is 1. The van der Waals surface area contributed by atoms with Crippen molar-refractivity contribution in [3.63, 3.8) is 0 Å². The fraction of sp³-hybridized carbons (Fsp3) is 0.450. The predicted molar refractivity (Wildman–Crippen MR) is 110 cm³/mol. The Balaban J connectivity index is 2.40. The number of esters is 1. The fourth-order valence-electron chi connectivity index (χ4n) is 3.22. The second-order valence-corrected chi connectivity index (χ2v) is 7.34. The number of carbonyl (C=O) groups excluding carboxylic acids is 2. The van der Waals surface area contributed by atoms with E-state index < -0.39 is 47.9 Å². The van der Waals surface area contributed by atoms with E-state index in [0.717, 1.165) is 25.3 Å². The number of hydrogen-bond donors (Lipinski definition) is 3. The summed E-state index contributed by atoms with van der Waals surface area (Å²) in [4.78, 5) is 28.5. The van der Waals surface area contributed by atoms with Crippen molar-refractivity contribution < 1.29 is 50.1 Å². The Bertz CT molecular complexity index is 1020. The van der Waals surface area contributed by atoms with Crippen LogP contribution >= 0.6 is 0 Å². The third-order valence-corrected chi connectivity index (χ3v) is 4.64. The number of fused-ring (bicyclic) bond motifs is 1. The first-order valence-electron chi connectivity index (χ1n) is 9.91. The molecule has 15 heteroatoms. The molecule has 9 nitrogen and oxygen atoms in total. The molecule has 1 aromatic carbocycles. The van der Waals surface area contributed by atoms with Crippen molar-refractivity contribution in [2.75, 3.05) is 13.7 Å². The highest BCUT2D eigenvalue weighted by molar-refractivity contribution is 6.02. The van der Waals surface area contributed by atoms with Gasteiger partial charge in [0.15, 0.2) is 5.96 Å². The molecule has 0 saturated heterocycles. The van der Waals surface area contributed by atoms with Crippen LogP contribution in [0.15, 0.2) is 22.7 Å². The van der Waals surface area contributed by atoms with Gasteiger partial charge in [-0.3, -0.25) is 9.79 Å². The lowest BCUT2D eigenvalue weighted by Crippen LogP contribution is -2.48. The number of aryl methyl sites for hydroxylation is 1. The van der Waals surface area contributed by atoms with Crippen molar-refractivity contribution >= 4 is 23.9 Å². The Morgan fingerprint density at radius 1 is 1.20 bits per heavy atom. The van der Waals surface area contributed by atoms with E-state index in [4.69, 9.17) is 16.2 Å². The maximum Gasteiger partial charge on any atom is 0.573 e. The quantitative estimate of drug-likeness (QED) is 0.160. The van der Waals surface area contributed by atoms with Crippen LogP contribution in [0.3, 0.4) is 0 Å². The lowest BCUT2D eigenvalue weighted by atomic mass is 9.97. The zero-order valence-corrected chi connectivity index (χ0v) is 18.4. The molecule has 0 fully saturated rings. The van der Waals surface area contributed by atoms with Gasteiger partial charge >= 0.3 is 18.5 Å². The second kappa shape index (κ2) is 10.7. The summed E-state index contributed by atoms with van der Waals surface area (Å²) in [7, 11) is 1.01. The van der Waals surface area contributed by atoms with Crippen LogP contribution in [0.25, 0.3) is 6.08 Å². The number of rotatable bonds is 8. The highest BCUT2D eigenvalue weighted by Gasteiger charge is 2.49. The number of ether oxygens (including phenoxy) is 3. The molecule has 35 heavy (non-hydrogen) atoms.